The maximum Gasteiger partial charge on any atom is 0.135 e. The number of rotatable bonds is 5. The molecule has 1 saturated heterocycles. The van der Waals surface area contributed by atoms with Crippen LogP contribution >= 0.6 is 0 Å². The molecule has 0 spiro atoms. The van der Waals surface area contributed by atoms with Crippen molar-refractivity contribution >= 4 is 5.69 Å². The number of aromatic nitrogens is 2. The number of methoxy groups -OCH3 is 1. The average Bonchev–Trinajstić information content (AvgIpc) is 3.49. The Morgan fingerprint density at radius 1 is 0.906 bits per heavy atom. The van der Waals surface area contributed by atoms with Crippen LogP contribution in [0.4, 0.5) is 14.5 Å². The molecule has 2 fully saturated rings. The highest BCUT2D eigenvalue weighted by Gasteiger charge is 2.32. The Hall–Kier alpha value is -2.93. The molecular formula is C25H28F2N4O. The molecule has 0 radical (unpaired) electrons. The molecule has 2 atom stereocenters. The second-order valence-electron chi connectivity index (χ2n) is 8.65. The molecule has 1 aliphatic carbocycles. The summed E-state index contributed by atoms with van der Waals surface area (Å²) >= 11 is 0. The normalized spacial score (nSPS) is 21.8. The maximum absolute atomic E-state index is 14.1. The molecule has 2 aromatic carbocycles. The van der Waals surface area contributed by atoms with Crippen molar-refractivity contribution in [2.75, 3.05) is 38.2 Å². The lowest BCUT2D eigenvalue weighted by Gasteiger charge is -2.39. The summed E-state index contributed by atoms with van der Waals surface area (Å²) in [6.07, 6.45) is 5.19. The standard InChI is InChI=1S/C25H28F2N4O/c1-32-22-7-5-19(6-8-22)29-12-14-30(15-13-29)20-3-4-21(17-20)31-11-10-25(28-31)23-9-2-18(26)16-24(23)27/h2,5-11,16,20-21H,3-4,12-15,17H2,1H3/t20-,21+/m0/s1. The van der Waals surface area contributed by atoms with Gasteiger partial charge in [0.15, 0.2) is 0 Å². The molecule has 1 aromatic heterocycles. The zero-order chi connectivity index (χ0) is 22.1. The summed E-state index contributed by atoms with van der Waals surface area (Å²) in [5.41, 5.74) is 2.14. The first-order chi connectivity index (χ1) is 15.6. The second-order valence-corrected chi connectivity index (χ2v) is 8.65. The number of ether oxygens (including phenoxy) is 1. The topological polar surface area (TPSA) is 33.5 Å². The van der Waals surface area contributed by atoms with E-state index in [0.29, 0.717) is 23.3 Å². The molecule has 1 saturated carbocycles. The van der Waals surface area contributed by atoms with Gasteiger partial charge in [0.05, 0.1) is 18.8 Å². The molecule has 168 valence electrons. The monoisotopic (exact) mass is 438 g/mol. The molecule has 0 bridgehead atoms. The maximum atomic E-state index is 14.1. The van der Waals surface area contributed by atoms with Crippen LogP contribution in [0.25, 0.3) is 11.3 Å². The molecule has 2 aliphatic rings. The predicted molar refractivity (Wildman–Crippen MR) is 121 cm³/mol. The highest BCUT2D eigenvalue weighted by molar-refractivity contribution is 5.59. The number of nitrogens with zero attached hydrogens (tertiary/aromatic N) is 4. The van der Waals surface area contributed by atoms with Crippen molar-refractivity contribution in [1.82, 2.24) is 14.7 Å². The molecule has 1 aliphatic heterocycles. The van der Waals surface area contributed by atoms with E-state index in [4.69, 9.17) is 4.74 Å². The van der Waals surface area contributed by atoms with E-state index in [9.17, 15) is 8.78 Å². The van der Waals surface area contributed by atoms with Gasteiger partial charge in [-0.25, -0.2) is 8.78 Å². The molecule has 7 heteroatoms. The lowest BCUT2D eigenvalue weighted by Crippen LogP contribution is -2.49. The van der Waals surface area contributed by atoms with Crippen LogP contribution in [0.2, 0.25) is 0 Å². The van der Waals surface area contributed by atoms with Gasteiger partial charge in [0.2, 0.25) is 0 Å². The van der Waals surface area contributed by atoms with E-state index in [1.165, 1.54) is 17.8 Å². The van der Waals surface area contributed by atoms with E-state index >= 15 is 0 Å². The van der Waals surface area contributed by atoms with Crippen LogP contribution in [0, 0.1) is 11.6 Å². The summed E-state index contributed by atoms with van der Waals surface area (Å²) in [4.78, 5) is 5.03. The fraction of sp³-hybridized carbons (Fsp3) is 0.400. The minimum absolute atomic E-state index is 0.317. The first kappa shape index (κ1) is 20.9. The van der Waals surface area contributed by atoms with Crippen molar-refractivity contribution in [3.63, 3.8) is 0 Å². The van der Waals surface area contributed by atoms with Crippen molar-refractivity contribution in [1.29, 1.82) is 0 Å². The van der Waals surface area contributed by atoms with E-state index in [2.05, 4.69) is 27.0 Å². The third-order valence-corrected chi connectivity index (χ3v) is 6.84. The smallest absolute Gasteiger partial charge is 0.135 e. The van der Waals surface area contributed by atoms with Crippen LogP contribution in [0.1, 0.15) is 25.3 Å². The third kappa shape index (κ3) is 4.21. The van der Waals surface area contributed by atoms with Crippen LogP contribution in [-0.4, -0.2) is 54.0 Å². The van der Waals surface area contributed by atoms with Gasteiger partial charge in [-0.1, -0.05) is 0 Å². The van der Waals surface area contributed by atoms with Crippen LogP contribution < -0.4 is 9.64 Å². The van der Waals surface area contributed by atoms with Gasteiger partial charge in [-0.05, 0) is 61.7 Å². The van der Waals surface area contributed by atoms with Gasteiger partial charge in [0.1, 0.15) is 17.4 Å². The summed E-state index contributed by atoms with van der Waals surface area (Å²) < 4.78 is 34.5. The van der Waals surface area contributed by atoms with Gasteiger partial charge < -0.3 is 9.64 Å². The summed E-state index contributed by atoms with van der Waals surface area (Å²) in [7, 11) is 1.69. The minimum atomic E-state index is -0.575. The molecule has 0 unspecified atom stereocenters. The first-order valence-electron chi connectivity index (χ1n) is 11.2. The van der Waals surface area contributed by atoms with E-state index in [0.717, 1.165) is 57.3 Å². The van der Waals surface area contributed by atoms with Gasteiger partial charge in [-0.15, -0.1) is 0 Å². The molecule has 5 nitrogen and oxygen atoms in total. The fourth-order valence-corrected chi connectivity index (χ4v) is 5.03. The number of piperazine rings is 1. The van der Waals surface area contributed by atoms with E-state index in [1.807, 2.05) is 29.1 Å². The fourth-order valence-electron chi connectivity index (χ4n) is 5.03. The molecule has 0 N–H and O–H groups in total. The Morgan fingerprint density at radius 3 is 2.38 bits per heavy atom. The number of anilines is 1. The van der Waals surface area contributed by atoms with Gasteiger partial charge in [-0.2, -0.15) is 5.10 Å². The van der Waals surface area contributed by atoms with Crippen molar-refractivity contribution in [2.24, 2.45) is 0 Å². The lowest BCUT2D eigenvalue weighted by molar-refractivity contribution is 0.183. The highest BCUT2D eigenvalue weighted by atomic mass is 19.1. The Kier molecular flexibility index (Phi) is 5.83. The van der Waals surface area contributed by atoms with Crippen LogP contribution in [0.15, 0.2) is 54.7 Å². The third-order valence-electron chi connectivity index (χ3n) is 6.84. The molecule has 3 aromatic rings. The van der Waals surface area contributed by atoms with E-state index in [-0.39, 0.29) is 0 Å². The summed E-state index contributed by atoms with van der Waals surface area (Å²) in [6, 6.07) is 14.6. The van der Waals surface area contributed by atoms with Gasteiger partial charge in [0, 0.05) is 55.7 Å². The molecular weight excluding hydrogens is 410 g/mol. The molecule has 32 heavy (non-hydrogen) atoms. The lowest BCUT2D eigenvalue weighted by atomic mass is 10.1. The van der Waals surface area contributed by atoms with Gasteiger partial charge in [0.25, 0.3) is 0 Å². The summed E-state index contributed by atoms with van der Waals surface area (Å²) in [5, 5.41) is 4.62. The average molecular weight is 439 g/mol. The number of halogens is 2. The van der Waals surface area contributed by atoms with Crippen LogP contribution in [0.3, 0.4) is 0 Å². The SMILES string of the molecule is COc1ccc(N2CCN([C@H]3CC[C@@H](n4ccc(-c5ccc(F)cc5F)n4)C3)CC2)cc1. The van der Waals surface area contributed by atoms with E-state index in [1.54, 1.807) is 7.11 Å². The molecule has 0 amide bonds. The first-order valence-corrected chi connectivity index (χ1v) is 11.2. The largest absolute Gasteiger partial charge is 0.497 e. The van der Waals surface area contributed by atoms with Crippen molar-refractivity contribution in [3.8, 4) is 17.0 Å². The van der Waals surface area contributed by atoms with Crippen molar-refractivity contribution in [2.45, 2.75) is 31.3 Å². The zero-order valence-corrected chi connectivity index (χ0v) is 18.3. The molecule has 2 heterocycles. The number of benzene rings is 2. The Labute approximate surface area is 187 Å². The van der Waals surface area contributed by atoms with Gasteiger partial charge >= 0.3 is 0 Å². The Balaban J connectivity index is 1.18. The van der Waals surface area contributed by atoms with Gasteiger partial charge in [-0.3, -0.25) is 9.58 Å². The van der Waals surface area contributed by atoms with Crippen LogP contribution in [-0.2, 0) is 0 Å². The van der Waals surface area contributed by atoms with Crippen molar-refractivity contribution in [3.05, 3.63) is 66.4 Å². The highest BCUT2D eigenvalue weighted by Crippen LogP contribution is 2.34. The zero-order valence-electron chi connectivity index (χ0n) is 18.3. The quantitative estimate of drug-likeness (QED) is 0.576. The second kappa shape index (κ2) is 8.90. The van der Waals surface area contributed by atoms with E-state index < -0.39 is 11.6 Å². The summed E-state index contributed by atoms with van der Waals surface area (Å²) in [5.74, 6) is -0.265. The minimum Gasteiger partial charge on any atom is -0.497 e. The predicted octanol–water partition coefficient (Wildman–Crippen LogP) is 4.75. The van der Waals surface area contributed by atoms with Crippen molar-refractivity contribution < 1.29 is 13.5 Å². The summed E-state index contributed by atoms with van der Waals surface area (Å²) in [6.45, 7) is 4.13. The number of hydrogen-bond donors (Lipinski definition) is 0. The number of hydrogen-bond acceptors (Lipinski definition) is 4. The Bertz CT molecular complexity index is 1060. The Morgan fingerprint density at radius 2 is 1.66 bits per heavy atom. The van der Waals surface area contributed by atoms with Crippen LogP contribution in [0.5, 0.6) is 5.75 Å². The molecule has 5 rings (SSSR count).